The Morgan fingerprint density at radius 1 is 0.886 bits per heavy atom. The topological polar surface area (TPSA) is 162 Å². The zero-order valence-electron chi connectivity index (χ0n) is 26.1. The number of hydrogen-bond acceptors (Lipinski definition) is 6. The highest BCUT2D eigenvalue weighted by atomic mass is 16.4. The monoisotopic (exact) mass is 607 g/mol. The van der Waals surface area contributed by atoms with Crippen LogP contribution in [0.1, 0.15) is 57.0 Å². The quantitative estimate of drug-likeness (QED) is 0.177. The number of urea groups is 1. The van der Waals surface area contributed by atoms with Crippen LogP contribution in [-0.4, -0.2) is 79.4 Å². The third-order valence-corrected chi connectivity index (χ3v) is 7.26. The Hall–Kier alpha value is -4.45. The lowest BCUT2D eigenvalue weighted by Gasteiger charge is -2.30. The van der Waals surface area contributed by atoms with Crippen LogP contribution in [0.4, 0.5) is 9.59 Å². The van der Waals surface area contributed by atoms with Crippen molar-refractivity contribution in [3.63, 3.8) is 0 Å². The third-order valence-electron chi connectivity index (χ3n) is 7.26. The van der Waals surface area contributed by atoms with E-state index in [2.05, 4.69) is 26.1 Å². The number of aliphatic hydroxyl groups excluding tert-OH is 1. The molecule has 1 aromatic heterocycles. The molecule has 0 bridgehead atoms. The van der Waals surface area contributed by atoms with E-state index in [0.29, 0.717) is 12.1 Å². The van der Waals surface area contributed by atoms with Crippen LogP contribution in [-0.2, 0) is 24.2 Å². The highest BCUT2D eigenvalue weighted by molar-refractivity contribution is 5.87. The normalized spacial score (nSPS) is 14.0. The van der Waals surface area contributed by atoms with Gasteiger partial charge in [-0.1, -0.05) is 74.5 Å². The number of benzene rings is 2. The van der Waals surface area contributed by atoms with Crippen LogP contribution in [0.2, 0.25) is 0 Å². The van der Waals surface area contributed by atoms with E-state index >= 15 is 0 Å². The Labute approximate surface area is 258 Å². The summed E-state index contributed by atoms with van der Waals surface area (Å²) in [6, 6.07) is 16.3. The second-order valence-corrected chi connectivity index (χ2v) is 11.7. The number of hydrogen-bond donors (Lipinski definition) is 5. The molecule has 5 N–H and O–H groups in total. The second-order valence-electron chi connectivity index (χ2n) is 11.7. The first-order valence-electron chi connectivity index (χ1n) is 14.9. The third kappa shape index (κ3) is 10.7. The number of carboxylic acid groups (broad SMARTS) is 1. The smallest absolute Gasteiger partial charge is 0.404 e. The summed E-state index contributed by atoms with van der Waals surface area (Å²) in [6.07, 6.45) is 0.0362. The van der Waals surface area contributed by atoms with E-state index in [1.54, 1.807) is 18.0 Å². The van der Waals surface area contributed by atoms with Crippen LogP contribution in [0, 0.1) is 5.92 Å². The Bertz CT molecular complexity index is 1330. The summed E-state index contributed by atoms with van der Waals surface area (Å²) in [7, 11) is 1.62. The van der Waals surface area contributed by atoms with Gasteiger partial charge in [0.05, 0.1) is 30.9 Å². The van der Waals surface area contributed by atoms with Crippen LogP contribution in [0.5, 0.6) is 0 Å². The number of nitrogens with zero attached hydrogens (tertiary/aromatic N) is 4. The first-order chi connectivity index (χ1) is 20.9. The molecule has 4 atom stereocenters. The molecule has 0 saturated heterocycles. The molecule has 4 amide bonds. The van der Waals surface area contributed by atoms with Gasteiger partial charge < -0.3 is 31.1 Å². The minimum atomic E-state index is -1.24. The first-order valence-corrected chi connectivity index (χ1v) is 14.9. The largest absolute Gasteiger partial charge is 0.465 e. The molecule has 12 heteroatoms. The summed E-state index contributed by atoms with van der Waals surface area (Å²) in [4.78, 5) is 41.3. The van der Waals surface area contributed by atoms with E-state index in [1.807, 2.05) is 88.4 Å². The van der Waals surface area contributed by atoms with Crippen molar-refractivity contribution in [2.45, 2.75) is 83.8 Å². The Kier molecular flexibility index (Phi) is 12.7. The van der Waals surface area contributed by atoms with Crippen molar-refractivity contribution >= 4 is 18.0 Å². The Morgan fingerprint density at radius 2 is 1.48 bits per heavy atom. The van der Waals surface area contributed by atoms with Crippen LogP contribution in [0.3, 0.4) is 0 Å². The highest BCUT2D eigenvalue weighted by Gasteiger charge is 2.30. The van der Waals surface area contributed by atoms with E-state index in [0.717, 1.165) is 11.1 Å². The van der Waals surface area contributed by atoms with Gasteiger partial charge in [0, 0.05) is 13.1 Å². The van der Waals surface area contributed by atoms with E-state index in [4.69, 9.17) is 0 Å². The fourth-order valence-electron chi connectivity index (χ4n) is 4.87. The molecule has 3 rings (SSSR count). The Morgan fingerprint density at radius 3 is 2.00 bits per heavy atom. The molecule has 12 nitrogen and oxygen atoms in total. The standard InChI is InChI=1S/C32H45N7O5/c1-21(2)29(36-31(42)38(5)20-26-19-33-39(37-26)22(3)4)30(41)34-25(16-23-12-8-6-9-13-23)18-28(40)27(35-32(43)44)17-24-14-10-7-11-15-24/h6-15,19,21-22,25,27-29,35,40H,16-18,20H2,1-5H3,(H,34,41)(H,36,42)(H,43,44). The van der Waals surface area contributed by atoms with Crippen molar-refractivity contribution < 1.29 is 24.6 Å². The summed E-state index contributed by atoms with van der Waals surface area (Å²) in [6.45, 7) is 7.82. The molecule has 0 fully saturated rings. The predicted octanol–water partition coefficient (Wildman–Crippen LogP) is 3.38. The fourth-order valence-corrected chi connectivity index (χ4v) is 4.87. The molecular weight excluding hydrogens is 562 g/mol. The number of nitrogens with one attached hydrogen (secondary N) is 3. The number of aromatic nitrogens is 3. The van der Waals surface area contributed by atoms with Gasteiger partial charge in [0.2, 0.25) is 5.91 Å². The maximum atomic E-state index is 13.6. The van der Waals surface area contributed by atoms with Gasteiger partial charge >= 0.3 is 12.1 Å². The molecule has 0 aliphatic heterocycles. The SMILES string of the molecule is CC(C)C(NC(=O)N(C)Cc1cnn(C(C)C)n1)C(=O)NC(Cc1ccccc1)CC(O)C(Cc1ccccc1)NC(=O)O. The molecule has 0 aliphatic rings. The molecule has 3 aromatic rings. The van der Waals surface area contributed by atoms with E-state index in [9.17, 15) is 24.6 Å². The molecule has 2 aromatic carbocycles. The van der Waals surface area contributed by atoms with Crippen LogP contribution < -0.4 is 16.0 Å². The summed E-state index contributed by atoms with van der Waals surface area (Å²) in [5.41, 5.74) is 2.43. The lowest BCUT2D eigenvalue weighted by atomic mass is 9.93. The zero-order chi connectivity index (χ0) is 32.2. The summed E-state index contributed by atoms with van der Waals surface area (Å²) in [5.74, 6) is -0.637. The average Bonchev–Trinajstić information content (AvgIpc) is 3.45. The van der Waals surface area contributed by atoms with Crippen LogP contribution in [0.15, 0.2) is 66.9 Å². The van der Waals surface area contributed by atoms with Crippen molar-refractivity contribution in [3.8, 4) is 0 Å². The number of carbonyl (C=O) groups is 3. The summed E-state index contributed by atoms with van der Waals surface area (Å²) < 4.78 is 0. The molecule has 0 saturated carbocycles. The molecule has 0 spiro atoms. The van der Waals surface area contributed by atoms with Crippen LogP contribution >= 0.6 is 0 Å². The fraction of sp³-hybridized carbons (Fsp3) is 0.469. The average molecular weight is 608 g/mol. The van der Waals surface area contributed by atoms with Crippen molar-refractivity contribution in [2.75, 3.05) is 7.05 Å². The highest BCUT2D eigenvalue weighted by Crippen LogP contribution is 2.15. The lowest BCUT2D eigenvalue weighted by Crippen LogP contribution is -2.55. The van der Waals surface area contributed by atoms with E-state index in [1.165, 1.54) is 4.90 Å². The molecule has 4 unspecified atom stereocenters. The predicted molar refractivity (Wildman–Crippen MR) is 167 cm³/mol. The first kappa shape index (κ1) is 34.0. The lowest BCUT2D eigenvalue weighted by molar-refractivity contribution is -0.124. The molecule has 238 valence electrons. The molecule has 0 radical (unpaired) electrons. The van der Waals surface area contributed by atoms with Gasteiger partial charge in [0.15, 0.2) is 0 Å². The van der Waals surface area contributed by atoms with Crippen molar-refractivity contribution in [3.05, 3.63) is 83.7 Å². The van der Waals surface area contributed by atoms with E-state index in [-0.39, 0.29) is 31.3 Å². The second kappa shape index (κ2) is 16.4. The van der Waals surface area contributed by atoms with Gasteiger partial charge in [-0.25, -0.2) is 9.59 Å². The van der Waals surface area contributed by atoms with Gasteiger partial charge in [0.1, 0.15) is 11.7 Å². The van der Waals surface area contributed by atoms with Gasteiger partial charge in [0.25, 0.3) is 0 Å². The minimum absolute atomic E-state index is 0.0859. The summed E-state index contributed by atoms with van der Waals surface area (Å²) in [5, 5.41) is 37.6. The molecular formula is C32H45N7O5. The van der Waals surface area contributed by atoms with Gasteiger partial charge in [-0.05, 0) is 50.2 Å². The van der Waals surface area contributed by atoms with Gasteiger partial charge in [-0.3, -0.25) is 4.79 Å². The zero-order valence-corrected chi connectivity index (χ0v) is 26.1. The molecule has 44 heavy (non-hydrogen) atoms. The summed E-state index contributed by atoms with van der Waals surface area (Å²) >= 11 is 0. The maximum Gasteiger partial charge on any atom is 0.404 e. The number of rotatable bonds is 15. The van der Waals surface area contributed by atoms with Crippen molar-refractivity contribution in [1.29, 1.82) is 0 Å². The van der Waals surface area contributed by atoms with Gasteiger partial charge in [-0.15, -0.1) is 0 Å². The minimum Gasteiger partial charge on any atom is -0.465 e. The number of amides is 4. The molecule has 1 heterocycles. The van der Waals surface area contributed by atoms with Crippen LogP contribution in [0.25, 0.3) is 0 Å². The van der Waals surface area contributed by atoms with E-state index < -0.39 is 42.3 Å². The van der Waals surface area contributed by atoms with Crippen molar-refractivity contribution in [2.24, 2.45) is 5.92 Å². The van der Waals surface area contributed by atoms with Crippen molar-refractivity contribution in [1.82, 2.24) is 35.8 Å². The van der Waals surface area contributed by atoms with Gasteiger partial charge in [-0.2, -0.15) is 15.0 Å². The Balaban J connectivity index is 1.73. The maximum absolute atomic E-state index is 13.6. The molecule has 0 aliphatic carbocycles. The number of aliphatic hydroxyl groups is 1. The number of carbonyl (C=O) groups excluding carboxylic acids is 2.